The third-order valence-electron chi connectivity index (χ3n) is 5.30. The lowest BCUT2D eigenvalue weighted by Gasteiger charge is -2.38. The summed E-state index contributed by atoms with van der Waals surface area (Å²) in [4.78, 5) is 13.9. The van der Waals surface area contributed by atoms with Crippen LogP contribution >= 0.6 is 0 Å². The summed E-state index contributed by atoms with van der Waals surface area (Å²) in [6, 6.07) is 0.180. The van der Waals surface area contributed by atoms with Crippen molar-refractivity contribution in [2.75, 3.05) is 13.1 Å². The molecule has 1 aromatic heterocycles. The lowest BCUT2D eigenvalue weighted by Crippen LogP contribution is -2.42. The molecule has 7 heteroatoms. The number of primary amides is 1. The van der Waals surface area contributed by atoms with Crippen molar-refractivity contribution in [2.45, 2.75) is 71.9 Å². The molecular formula is C17H32N6O. The van der Waals surface area contributed by atoms with Crippen LogP contribution in [0.25, 0.3) is 0 Å². The van der Waals surface area contributed by atoms with E-state index < -0.39 is 0 Å². The lowest BCUT2D eigenvalue weighted by molar-refractivity contribution is -0.123. The molecule has 136 valence electrons. The monoisotopic (exact) mass is 336 g/mol. The number of aromatic nitrogens is 4. The Morgan fingerprint density at radius 1 is 1.33 bits per heavy atom. The van der Waals surface area contributed by atoms with E-state index in [2.05, 4.69) is 55.0 Å². The molecule has 0 aromatic carbocycles. The average Bonchev–Trinajstić information content (AvgIpc) is 3.02. The van der Waals surface area contributed by atoms with E-state index in [1.165, 1.54) is 0 Å². The van der Waals surface area contributed by atoms with Crippen LogP contribution in [0.1, 0.15) is 72.2 Å². The fourth-order valence-corrected chi connectivity index (χ4v) is 3.34. The SMILES string of the molecule is CCC(C)(C)n1nnnc1[C@H](CC(C)C)N1CCC(C(N)=O)CC1. The van der Waals surface area contributed by atoms with Crippen LogP contribution in [-0.2, 0) is 10.3 Å². The molecule has 0 aliphatic carbocycles. The van der Waals surface area contributed by atoms with Crippen LogP contribution in [0.5, 0.6) is 0 Å². The van der Waals surface area contributed by atoms with Crippen LogP contribution in [0.2, 0.25) is 0 Å². The van der Waals surface area contributed by atoms with Gasteiger partial charge in [0.1, 0.15) is 0 Å². The molecule has 7 nitrogen and oxygen atoms in total. The highest BCUT2D eigenvalue weighted by Gasteiger charge is 2.34. The second kappa shape index (κ2) is 7.59. The fraction of sp³-hybridized carbons (Fsp3) is 0.882. The zero-order valence-corrected chi connectivity index (χ0v) is 15.7. The Bertz CT molecular complexity index is 545. The molecule has 1 atom stereocenters. The van der Waals surface area contributed by atoms with Gasteiger partial charge in [0.25, 0.3) is 0 Å². The van der Waals surface area contributed by atoms with Gasteiger partial charge in [-0.1, -0.05) is 20.8 Å². The molecule has 2 heterocycles. The minimum atomic E-state index is -0.174. The van der Waals surface area contributed by atoms with Crippen LogP contribution in [0.4, 0.5) is 0 Å². The van der Waals surface area contributed by atoms with E-state index >= 15 is 0 Å². The molecule has 1 amide bonds. The lowest BCUT2D eigenvalue weighted by atomic mass is 9.92. The van der Waals surface area contributed by atoms with E-state index in [9.17, 15) is 4.79 Å². The first-order chi connectivity index (χ1) is 11.3. The van der Waals surface area contributed by atoms with Gasteiger partial charge >= 0.3 is 0 Å². The third-order valence-corrected chi connectivity index (χ3v) is 5.30. The number of hydrogen-bond acceptors (Lipinski definition) is 5. The van der Waals surface area contributed by atoms with Crippen LogP contribution < -0.4 is 5.73 Å². The zero-order chi connectivity index (χ0) is 17.9. The molecule has 0 spiro atoms. The first-order valence-electron chi connectivity index (χ1n) is 9.08. The molecule has 0 radical (unpaired) electrons. The standard InChI is InChI=1S/C17H32N6O/c1-6-17(4,5)23-16(19-20-21-23)14(11-12(2)3)22-9-7-13(8-10-22)15(18)24/h12-14H,6-11H2,1-5H3,(H2,18,24)/t14-/m0/s1. The Morgan fingerprint density at radius 3 is 2.46 bits per heavy atom. The fourth-order valence-electron chi connectivity index (χ4n) is 3.34. The summed E-state index contributed by atoms with van der Waals surface area (Å²) in [6.07, 6.45) is 3.61. The second-order valence-corrected chi connectivity index (χ2v) is 7.97. The van der Waals surface area contributed by atoms with E-state index in [0.29, 0.717) is 5.92 Å². The van der Waals surface area contributed by atoms with E-state index in [0.717, 1.165) is 44.6 Å². The molecule has 1 aliphatic rings. The molecule has 0 saturated carbocycles. The van der Waals surface area contributed by atoms with Crippen LogP contribution in [-0.4, -0.2) is 44.1 Å². The summed E-state index contributed by atoms with van der Waals surface area (Å²) in [5, 5.41) is 12.6. The highest BCUT2D eigenvalue weighted by Crippen LogP contribution is 2.32. The Hall–Kier alpha value is -1.50. The molecule has 2 rings (SSSR count). The molecule has 1 aromatic rings. The molecular weight excluding hydrogens is 304 g/mol. The predicted octanol–water partition coefficient (Wildman–Crippen LogP) is 2.10. The topological polar surface area (TPSA) is 89.9 Å². The Morgan fingerprint density at radius 2 is 1.96 bits per heavy atom. The maximum atomic E-state index is 11.4. The van der Waals surface area contributed by atoms with Gasteiger partial charge in [-0.05, 0) is 69.0 Å². The molecule has 2 N–H and O–H groups in total. The van der Waals surface area contributed by atoms with Crippen molar-refractivity contribution in [1.82, 2.24) is 25.1 Å². The number of tetrazole rings is 1. The first kappa shape index (κ1) is 18.8. The van der Waals surface area contributed by atoms with Crippen molar-refractivity contribution in [3.8, 4) is 0 Å². The number of nitrogens with two attached hydrogens (primary N) is 1. The first-order valence-corrected chi connectivity index (χ1v) is 9.08. The average molecular weight is 336 g/mol. The summed E-state index contributed by atoms with van der Waals surface area (Å²) >= 11 is 0. The number of carbonyl (C=O) groups is 1. The van der Waals surface area contributed by atoms with Gasteiger partial charge in [-0.25, -0.2) is 4.68 Å². The third kappa shape index (κ3) is 4.12. The minimum Gasteiger partial charge on any atom is -0.369 e. The number of rotatable bonds is 7. The maximum Gasteiger partial charge on any atom is 0.220 e. The smallest absolute Gasteiger partial charge is 0.220 e. The van der Waals surface area contributed by atoms with Crippen molar-refractivity contribution >= 4 is 5.91 Å². The van der Waals surface area contributed by atoms with Gasteiger partial charge in [-0.15, -0.1) is 5.10 Å². The van der Waals surface area contributed by atoms with E-state index in [1.54, 1.807) is 0 Å². The quantitative estimate of drug-likeness (QED) is 0.823. The van der Waals surface area contributed by atoms with Crippen LogP contribution in [0.15, 0.2) is 0 Å². The predicted molar refractivity (Wildman–Crippen MR) is 93.1 cm³/mol. The van der Waals surface area contributed by atoms with Crippen LogP contribution in [0.3, 0.4) is 0 Å². The Labute approximate surface area is 145 Å². The summed E-state index contributed by atoms with van der Waals surface area (Å²) in [5.41, 5.74) is 5.36. The largest absolute Gasteiger partial charge is 0.369 e. The van der Waals surface area contributed by atoms with E-state index in [4.69, 9.17) is 5.73 Å². The number of nitrogens with zero attached hydrogens (tertiary/aromatic N) is 5. The van der Waals surface area contributed by atoms with Gasteiger partial charge < -0.3 is 5.73 Å². The Kier molecular flexibility index (Phi) is 5.96. The van der Waals surface area contributed by atoms with Gasteiger partial charge in [-0.2, -0.15) is 0 Å². The summed E-state index contributed by atoms with van der Waals surface area (Å²) in [7, 11) is 0. The Balaban J connectivity index is 2.25. The van der Waals surface area contributed by atoms with Gasteiger partial charge in [0.2, 0.25) is 5.91 Å². The number of carbonyl (C=O) groups excluding carboxylic acids is 1. The summed E-state index contributed by atoms with van der Waals surface area (Å²) < 4.78 is 1.99. The molecule has 1 saturated heterocycles. The van der Waals surface area contributed by atoms with Crippen molar-refractivity contribution in [3.63, 3.8) is 0 Å². The van der Waals surface area contributed by atoms with Crippen molar-refractivity contribution < 1.29 is 4.79 Å². The number of likely N-dealkylation sites (tertiary alicyclic amines) is 1. The van der Waals surface area contributed by atoms with Crippen molar-refractivity contribution in [3.05, 3.63) is 5.82 Å². The van der Waals surface area contributed by atoms with Crippen molar-refractivity contribution in [1.29, 1.82) is 0 Å². The number of amides is 1. The molecule has 0 unspecified atom stereocenters. The van der Waals surface area contributed by atoms with Gasteiger partial charge in [0, 0.05) is 5.92 Å². The molecule has 0 bridgehead atoms. The van der Waals surface area contributed by atoms with Gasteiger partial charge in [-0.3, -0.25) is 9.69 Å². The second-order valence-electron chi connectivity index (χ2n) is 7.97. The molecule has 24 heavy (non-hydrogen) atoms. The van der Waals surface area contributed by atoms with Gasteiger partial charge in [0.15, 0.2) is 5.82 Å². The highest BCUT2D eigenvalue weighted by atomic mass is 16.1. The molecule has 1 aliphatic heterocycles. The number of piperidine rings is 1. The molecule has 1 fully saturated rings. The van der Waals surface area contributed by atoms with Crippen LogP contribution in [0, 0.1) is 11.8 Å². The zero-order valence-electron chi connectivity index (χ0n) is 15.7. The normalized spacial score (nSPS) is 18.9. The maximum absolute atomic E-state index is 11.4. The van der Waals surface area contributed by atoms with E-state index in [1.807, 2.05) is 4.68 Å². The number of hydrogen-bond donors (Lipinski definition) is 1. The van der Waals surface area contributed by atoms with Crippen molar-refractivity contribution in [2.24, 2.45) is 17.6 Å². The van der Waals surface area contributed by atoms with Gasteiger partial charge in [0.05, 0.1) is 11.6 Å². The minimum absolute atomic E-state index is 0.00373. The summed E-state index contributed by atoms with van der Waals surface area (Å²) in [5.74, 6) is 1.31. The van der Waals surface area contributed by atoms with E-state index in [-0.39, 0.29) is 23.4 Å². The summed E-state index contributed by atoms with van der Waals surface area (Å²) in [6.45, 7) is 12.7. The highest BCUT2D eigenvalue weighted by molar-refractivity contribution is 5.76.